The van der Waals surface area contributed by atoms with Crippen LogP contribution in [-0.4, -0.2) is 53.1 Å². The van der Waals surface area contributed by atoms with Crippen LogP contribution in [0.4, 0.5) is 0 Å². The molecule has 0 aliphatic rings. The van der Waals surface area contributed by atoms with Gasteiger partial charge < -0.3 is 15.3 Å². The van der Waals surface area contributed by atoms with Gasteiger partial charge in [0.1, 0.15) is 0 Å². The Kier molecular flexibility index (Phi) is 7.08. The maximum Gasteiger partial charge on any atom is 0.0991 e. The van der Waals surface area contributed by atoms with E-state index in [4.69, 9.17) is 15.5 Å². The molecule has 0 radical (unpaired) electrons. The Balaban J connectivity index is 2.59. The molecule has 1 aromatic rings. The van der Waals surface area contributed by atoms with Crippen molar-refractivity contribution in [1.29, 1.82) is 5.26 Å². The number of benzene rings is 1. The van der Waals surface area contributed by atoms with Crippen LogP contribution in [0.15, 0.2) is 24.3 Å². The van der Waals surface area contributed by atoms with Gasteiger partial charge in [0, 0.05) is 26.2 Å². The monoisotopic (exact) mass is 264 g/mol. The van der Waals surface area contributed by atoms with Crippen molar-refractivity contribution in [3.8, 4) is 6.07 Å². The summed E-state index contributed by atoms with van der Waals surface area (Å²) < 4.78 is 0. The van der Waals surface area contributed by atoms with Gasteiger partial charge >= 0.3 is 0 Å². The molecular formula is C14H20N2O3. The minimum absolute atomic E-state index is 0.0194. The summed E-state index contributed by atoms with van der Waals surface area (Å²) in [6.07, 6.45) is -0.0573. The van der Waals surface area contributed by atoms with Crippen molar-refractivity contribution in [2.75, 3.05) is 32.8 Å². The fourth-order valence-electron chi connectivity index (χ4n) is 1.86. The second-order valence-corrected chi connectivity index (χ2v) is 4.35. The van der Waals surface area contributed by atoms with Crippen molar-refractivity contribution >= 4 is 0 Å². The van der Waals surface area contributed by atoms with Crippen LogP contribution in [0.5, 0.6) is 0 Å². The van der Waals surface area contributed by atoms with Crippen LogP contribution in [0.3, 0.4) is 0 Å². The number of nitrogens with zero attached hydrogens (tertiary/aromatic N) is 2. The quantitative estimate of drug-likeness (QED) is 0.627. The lowest BCUT2D eigenvalue weighted by molar-refractivity contribution is 0.0950. The van der Waals surface area contributed by atoms with Gasteiger partial charge in [0.25, 0.3) is 0 Å². The highest BCUT2D eigenvalue weighted by Gasteiger charge is 2.13. The topological polar surface area (TPSA) is 87.7 Å². The van der Waals surface area contributed by atoms with Gasteiger partial charge in [-0.05, 0) is 24.1 Å². The van der Waals surface area contributed by atoms with E-state index in [1.54, 1.807) is 24.3 Å². The Labute approximate surface area is 113 Å². The molecule has 1 aromatic carbocycles. The fourth-order valence-corrected chi connectivity index (χ4v) is 1.86. The standard InChI is InChI=1S/C14H20N2O3/c15-10-12-2-4-13(5-3-12)14(19)11-16(7-9-18)6-1-8-17/h2-5,14,17-19H,1,6-9,11H2. The van der Waals surface area contributed by atoms with Crippen molar-refractivity contribution in [3.05, 3.63) is 35.4 Å². The molecule has 0 bridgehead atoms. The van der Waals surface area contributed by atoms with Crippen LogP contribution in [0.25, 0.3) is 0 Å². The Morgan fingerprint density at radius 3 is 2.32 bits per heavy atom. The first-order valence-electron chi connectivity index (χ1n) is 6.33. The first-order valence-corrected chi connectivity index (χ1v) is 6.33. The molecule has 0 spiro atoms. The molecule has 0 aliphatic heterocycles. The van der Waals surface area contributed by atoms with Gasteiger partial charge in [0.2, 0.25) is 0 Å². The third kappa shape index (κ3) is 5.37. The number of aliphatic hydroxyl groups excluding tert-OH is 3. The van der Waals surface area contributed by atoms with E-state index in [9.17, 15) is 5.11 Å². The van der Waals surface area contributed by atoms with Crippen LogP contribution in [0, 0.1) is 11.3 Å². The van der Waals surface area contributed by atoms with E-state index in [1.807, 2.05) is 11.0 Å². The van der Waals surface area contributed by atoms with Gasteiger partial charge in [-0.15, -0.1) is 0 Å². The zero-order valence-electron chi connectivity index (χ0n) is 10.9. The SMILES string of the molecule is N#Cc1ccc(C(O)CN(CCO)CCCO)cc1. The fraction of sp³-hybridized carbons (Fsp3) is 0.500. The highest BCUT2D eigenvalue weighted by Crippen LogP contribution is 2.15. The van der Waals surface area contributed by atoms with Crippen LogP contribution < -0.4 is 0 Å². The molecule has 0 saturated heterocycles. The molecule has 19 heavy (non-hydrogen) atoms. The molecule has 1 rings (SSSR count). The Morgan fingerprint density at radius 2 is 1.79 bits per heavy atom. The lowest BCUT2D eigenvalue weighted by atomic mass is 10.1. The number of hydrogen-bond donors (Lipinski definition) is 3. The van der Waals surface area contributed by atoms with Gasteiger partial charge in [-0.1, -0.05) is 12.1 Å². The van der Waals surface area contributed by atoms with Crippen LogP contribution in [0.1, 0.15) is 23.7 Å². The highest BCUT2D eigenvalue weighted by molar-refractivity contribution is 5.32. The number of nitriles is 1. The van der Waals surface area contributed by atoms with E-state index in [0.717, 1.165) is 5.56 Å². The summed E-state index contributed by atoms with van der Waals surface area (Å²) in [5.74, 6) is 0. The summed E-state index contributed by atoms with van der Waals surface area (Å²) in [4.78, 5) is 1.90. The second kappa shape index (κ2) is 8.62. The summed E-state index contributed by atoms with van der Waals surface area (Å²) in [7, 11) is 0. The smallest absolute Gasteiger partial charge is 0.0991 e. The Morgan fingerprint density at radius 1 is 1.11 bits per heavy atom. The summed E-state index contributed by atoms with van der Waals surface area (Å²) in [5, 5.41) is 36.6. The van der Waals surface area contributed by atoms with Gasteiger partial charge in [0.05, 0.1) is 24.3 Å². The minimum Gasteiger partial charge on any atom is -0.396 e. The zero-order chi connectivity index (χ0) is 14.1. The van der Waals surface area contributed by atoms with E-state index in [-0.39, 0.29) is 13.2 Å². The van der Waals surface area contributed by atoms with Crippen LogP contribution >= 0.6 is 0 Å². The Hall–Kier alpha value is -1.45. The van der Waals surface area contributed by atoms with E-state index >= 15 is 0 Å². The van der Waals surface area contributed by atoms with Gasteiger partial charge in [-0.3, -0.25) is 4.90 Å². The summed E-state index contributed by atoms with van der Waals surface area (Å²) >= 11 is 0. The molecule has 104 valence electrons. The van der Waals surface area contributed by atoms with Crippen molar-refractivity contribution in [1.82, 2.24) is 4.90 Å². The second-order valence-electron chi connectivity index (χ2n) is 4.35. The third-order valence-electron chi connectivity index (χ3n) is 2.90. The zero-order valence-corrected chi connectivity index (χ0v) is 10.9. The number of hydrogen-bond acceptors (Lipinski definition) is 5. The summed E-state index contributed by atoms with van der Waals surface area (Å²) in [6, 6.07) is 8.82. The molecule has 0 saturated carbocycles. The molecule has 0 amide bonds. The van der Waals surface area contributed by atoms with Crippen molar-refractivity contribution in [2.24, 2.45) is 0 Å². The van der Waals surface area contributed by atoms with Crippen molar-refractivity contribution in [3.63, 3.8) is 0 Å². The number of rotatable bonds is 8. The largest absolute Gasteiger partial charge is 0.396 e. The van der Waals surface area contributed by atoms with Crippen LogP contribution in [-0.2, 0) is 0 Å². The molecule has 0 heterocycles. The Bertz CT molecular complexity index is 400. The van der Waals surface area contributed by atoms with E-state index in [1.165, 1.54) is 0 Å². The third-order valence-corrected chi connectivity index (χ3v) is 2.90. The first kappa shape index (κ1) is 15.6. The highest BCUT2D eigenvalue weighted by atomic mass is 16.3. The summed E-state index contributed by atoms with van der Waals surface area (Å²) in [5.41, 5.74) is 1.30. The predicted molar refractivity (Wildman–Crippen MR) is 71.3 cm³/mol. The first-order chi connectivity index (χ1) is 9.21. The maximum atomic E-state index is 10.1. The van der Waals surface area contributed by atoms with Crippen LogP contribution in [0.2, 0.25) is 0 Å². The lowest BCUT2D eigenvalue weighted by Crippen LogP contribution is -2.32. The van der Waals surface area contributed by atoms with Crippen molar-refractivity contribution in [2.45, 2.75) is 12.5 Å². The molecule has 0 fully saturated rings. The molecule has 5 nitrogen and oxygen atoms in total. The van der Waals surface area contributed by atoms with Gasteiger partial charge in [-0.25, -0.2) is 0 Å². The maximum absolute atomic E-state index is 10.1. The average molecular weight is 264 g/mol. The van der Waals surface area contributed by atoms with Crippen molar-refractivity contribution < 1.29 is 15.3 Å². The molecule has 3 N–H and O–H groups in total. The van der Waals surface area contributed by atoms with E-state index in [2.05, 4.69) is 0 Å². The lowest BCUT2D eigenvalue weighted by Gasteiger charge is -2.24. The molecule has 0 aliphatic carbocycles. The molecule has 0 aromatic heterocycles. The van der Waals surface area contributed by atoms with E-state index < -0.39 is 6.10 Å². The molecule has 5 heteroatoms. The van der Waals surface area contributed by atoms with E-state index in [0.29, 0.717) is 31.6 Å². The van der Waals surface area contributed by atoms with Gasteiger partial charge in [-0.2, -0.15) is 5.26 Å². The molecule has 1 atom stereocenters. The van der Waals surface area contributed by atoms with Gasteiger partial charge in [0.15, 0.2) is 0 Å². The predicted octanol–water partition coefficient (Wildman–Crippen LogP) is 0.268. The summed E-state index contributed by atoms with van der Waals surface area (Å²) in [6.45, 7) is 1.60. The number of aliphatic hydroxyl groups is 3. The average Bonchev–Trinajstić information content (AvgIpc) is 2.45. The molecule has 1 unspecified atom stereocenters. The molecular weight excluding hydrogens is 244 g/mol. The normalized spacial score (nSPS) is 12.4. The minimum atomic E-state index is -0.669.